The van der Waals surface area contributed by atoms with E-state index in [0.717, 1.165) is 38.5 Å². The number of hydrogen-bond acceptors (Lipinski definition) is 5. The lowest BCUT2D eigenvalue weighted by Crippen LogP contribution is -2.26. The third-order valence-electron chi connectivity index (χ3n) is 7.12. The van der Waals surface area contributed by atoms with Crippen LogP contribution < -0.4 is 16.1 Å². The van der Waals surface area contributed by atoms with E-state index < -0.39 is 29.0 Å². The van der Waals surface area contributed by atoms with Gasteiger partial charge < -0.3 is 19.9 Å². The van der Waals surface area contributed by atoms with E-state index in [4.69, 9.17) is 0 Å². The van der Waals surface area contributed by atoms with E-state index in [9.17, 15) is 14.4 Å². The van der Waals surface area contributed by atoms with Crippen molar-refractivity contribution in [3.63, 3.8) is 0 Å². The molecule has 196 valence electrons. The zero-order chi connectivity index (χ0) is 26.2. The van der Waals surface area contributed by atoms with Crippen molar-refractivity contribution in [1.82, 2.24) is 4.57 Å². The number of halogens is 1. The molecule has 2 N–H and O–H groups in total. The second-order valence-electron chi connectivity index (χ2n) is 9.46. The number of benzene rings is 1. The zero-order valence-electron chi connectivity index (χ0n) is 21.7. The standard InChI is InChI=1S/C28H38FN3O4/c1-5-18(13-14-26(33)36-4)28(35)31-24-17-32(20(6-2)7-3)25-16-23(22(29)15-21(25)27(24)34)30-19-11-9-8-10-12-19/h13-20,30H,5-12H2,1-4H3,(H,31,35)/b14-13+. The minimum absolute atomic E-state index is 0.0675. The molecule has 1 aromatic heterocycles. The van der Waals surface area contributed by atoms with E-state index in [1.54, 1.807) is 12.3 Å². The molecule has 0 saturated heterocycles. The van der Waals surface area contributed by atoms with Crippen LogP contribution in [0.25, 0.3) is 10.9 Å². The van der Waals surface area contributed by atoms with Gasteiger partial charge in [0.25, 0.3) is 0 Å². The van der Waals surface area contributed by atoms with Crippen molar-refractivity contribution >= 4 is 34.2 Å². The Kier molecular flexibility index (Phi) is 9.67. The lowest BCUT2D eigenvalue weighted by atomic mass is 9.95. The molecular formula is C28H38FN3O4. The second kappa shape index (κ2) is 12.7. The number of rotatable bonds is 10. The quantitative estimate of drug-likeness (QED) is 0.312. The topological polar surface area (TPSA) is 89.4 Å². The number of carbonyl (C=O) groups excluding carboxylic acids is 2. The summed E-state index contributed by atoms with van der Waals surface area (Å²) in [4.78, 5) is 37.8. The summed E-state index contributed by atoms with van der Waals surface area (Å²) < 4.78 is 21.8. The summed E-state index contributed by atoms with van der Waals surface area (Å²) in [5.74, 6) is -2.07. The van der Waals surface area contributed by atoms with Crippen molar-refractivity contribution in [2.75, 3.05) is 17.7 Å². The molecule has 7 nitrogen and oxygen atoms in total. The molecule has 0 bridgehead atoms. The summed E-state index contributed by atoms with van der Waals surface area (Å²) >= 11 is 0. The Labute approximate surface area is 212 Å². The van der Waals surface area contributed by atoms with Gasteiger partial charge in [-0.15, -0.1) is 0 Å². The van der Waals surface area contributed by atoms with Crippen LogP contribution in [0, 0.1) is 11.7 Å². The lowest BCUT2D eigenvalue weighted by molar-refractivity contribution is -0.134. The van der Waals surface area contributed by atoms with E-state index in [0.29, 0.717) is 17.6 Å². The number of nitrogens with one attached hydrogen (secondary N) is 2. The van der Waals surface area contributed by atoms with Crippen LogP contribution in [0.1, 0.15) is 78.2 Å². The van der Waals surface area contributed by atoms with Crippen molar-refractivity contribution in [2.24, 2.45) is 5.92 Å². The predicted molar refractivity (Wildman–Crippen MR) is 142 cm³/mol. The summed E-state index contributed by atoms with van der Waals surface area (Å²) in [6.45, 7) is 5.93. The van der Waals surface area contributed by atoms with E-state index in [1.165, 1.54) is 31.7 Å². The first kappa shape index (κ1) is 27.4. The minimum atomic E-state index is -0.625. The molecule has 1 fully saturated rings. The number of esters is 1. The van der Waals surface area contributed by atoms with Crippen molar-refractivity contribution < 1.29 is 18.7 Å². The highest BCUT2D eigenvalue weighted by atomic mass is 19.1. The van der Waals surface area contributed by atoms with Gasteiger partial charge in [-0.25, -0.2) is 9.18 Å². The molecule has 8 heteroatoms. The number of nitrogens with zero attached hydrogens (tertiary/aromatic N) is 1. The lowest BCUT2D eigenvalue weighted by Gasteiger charge is -2.26. The maximum absolute atomic E-state index is 15.2. The van der Waals surface area contributed by atoms with Crippen LogP contribution in [-0.4, -0.2) is 29.6 Å². The first-order chi connectivity index (χ1) is 17.3. The Bertz CT molecular complexity index is 1160. The van der Waals surface area contributed by atoms with Gasteiger partial charge in [0, 0.05) is 24.4 Å². The maximum Gasteiger partial charge on any atom is 0.330 e. The first-order valence-corrected chi connectivity index (χ1v) is 13.0. The van der Waals surface area contributed by atoms with Gasteiger partial charge in [0.05, 0.1) is 29.6 Å². The van der Waals surface area contributed by atoms with Crippen molar-refractivity contribution in [3.8, 4) is 0 Å². The molecule has 1 unspecified atom stereocenters. The third-order valence-corrected chi connectivity index (χ3v) is 7.12. The smallest absolute Gasteiger partial charge is 0.330 e. The Balaban J connectivity index is 2.04. The van der Waals surface area contributed by atoms with Crippen LogP contribution in [0.2, 0.25) is 0 Å². The Hall–Kier alpha value is -3.16. The van der Waals surface area contributed by atoms with E-state index in [1.807, 2.05) is 11.5 Å². The molecule has 1 aliphatic rings. The summed E-state index contributed by atoms with van der Waals surface area (Å²) in [5, 5.41) is 6.31. The molecule has 1 aliphatic carbocycles. The number of hydrogen-bond donors (Lipinski definition) is 2. The van der Waals surface area contributed by atoms with Crippen molar-refractivity contribution in [2.45, 2.75) is 84.2 Å². The van der Waals surface area contributed by atoms with Crippen LogP contribution in [-0.2, 0) is 14.3 Å². The number of ether oxygens (including phenoxy) is 1. The van der Waals surface area contributed by atoms with Gasteiger partial charge in [0.1, 0.15) is 11.5 Å². The Morgan fingerprint density at radius 2 is 1.81 bits per heavy atom. The largest absolute Gasteiger partial charge is 0.466 e. The zero-order valence-corrected chi connectivity index (χ0v) is 21.7. The summed E-state index contributed by atoms with van der Waals surface area (Å²) in [7, 11) is 1.26. The van der Waals surface area contributed by atoms with Crippen LogP contribution in [0.4, 0.5) is 15.8 Å². The van der Waals surface area contributed by atoms with Crippen molar-refractivity contribution in [3.05, 3.63) is 46.5 Å². The Morgan fingerprint density at radius 3 is 2.42 bits per heavy atom. The van der Waals surface area contributed by atoms with Crippen LogP contribution in [0.5, 0.6) is 0 Å². The molecule has 0 spiro atoms. The SMILES string of the molecule is CCC(/C=C/C(=O)OC)C(=O)Nc1cn(C(CC)CC)c2cc(NC3CCCCC3)c(F)cc2c1=O. The normalized spacial score (nSPS) is 15.4. The van der Waals surface area contributed by atoms with Gasteiger partial charge in [0.15, 0.2) is 0 Å². The number of pyridine rings is 1. The second-order valence-corrected chi connectivity index (χ2v) is 9.46. The van der Waals surface area contributed by atoms with Gasteiger partial charge in [-0.3, -0.25) is 9.59 Å². The van der Waals surface area contributed by atoms with E-state index in [-0.39, 0.29) is 23.2 Å². The molecule has 1 saturated carbocycles. The molecule has 0 radical (unpaired) electrons. The highest BCUT2D eigenvalue weighted by Crippen LogP contribution is 2.30. The van der Waals surface area contributed by atoms with Crippen LogP contribution in [0.3, 0.4) is 0 Å². The average Bonchev–Trinajstić information content (AvgIpc) is 2.88. The van der Waals surface area contributed by atoms with E-state index in [2.05, 4.69) is 29.2 Å². The molecule has 3 rings (SSSR count). The summed E-state index contributed by atoms with van der Waals surface area (Å²) in [5.41, 5.74) is 0.709. The summed E-state index contributed by atoms with van der Waals surface area (Å²) in [6, 6.07) is 3.31. The molecule has 1 heterocycles. The number of amides is 1. The number of fused-ring (bicyclic) bond motifs is 1. The minimum Gasteiger partial charge on any atom is -0.466 e. The maximum atomic E-state index is 15.2. The van der Waals surface area contributed by atoms with E-state index >= 15 is 4.39 Å². The molecule has 1 aromatic carbocycles. The fourth-order valence-corrected chi connectivity index (χ4v) is 4.92. The van der Waals surface area contributed by atoms with Gasteiger partial charge in [-0.05, 0) is 44.2 Å². The molecule has 2 aromatic rings. The first-order valence-electron chi connectivity index (χ1n) is 13.0. The van der Waals surface area contributed by atoms with Gasteiger partial charge in [-0.1, -0.05) is 46.1 Å². The fraction of sp³-hybridized carbons (Fsp3) is 0.536. The van der Waals surface area contributed by atoms with Gasteiger partial charge >= 0.3 is 5.97 Å². The molecule has 36 heavy (non-hydrogen) atoms. The molecule has 1 amide bonds. The highest BCUT2D eigenvalue weighted by molar-refractivity contribution is 5.96. The number of aromatic nitrogens is 1. The molecular weight excluding hydrogens is 461 g/mol. The van der Waals surface area contributed by atoms with Gasteiger partial charge in [0.2, 0.25) is 11.3 Å². The number of anilines is 2. The Morgan fingerprint density at radius 1 is 1.11 bits per heavy atom. The van der Waals surface area contributed by atoms with Crippen molar-refractivity contribution in [1.29, 1.82) is 0 Å². The summed E-state index contributed by atoms with van der Waals surface area (Å²) in [6.07, 6.45) is 11.8. The van der Waals surface area contributed by atoms with Crippen LogP contribution in [0.15, 0.2) is 35.3 Å². The average molecular weight is 500 g/mol. The highest BCUT2D eigenvalue weighted by Gasteiger charge is 2.21. The van der Waals surface area contributed by atoms with Gasteiger partial charge in [-0.2, -0.15) is 0 Å². The van der Waals surface area contributed by atoms with Crippen LogP contribution >= 0.6 is 0 Å². The monoisotopic (exact) mass is 499 g/mol. The number of methoxy groups -OCH3 is 1. The number of carbonyl (C=O) groups is 2. The third kappa shape index (κ3) is 6.33. The predicted octanol–water partition coefficient (Wildman–Crippen LogP) is 5.94. The molecule has 1 atom stereocenters. The fourth-order valence-electron chi connectivity index (χ4n) is 4.92. The molecule has 0 aliphatic heterocycles.